The van der Waals surface area contributed by atoms with Crippen molar-refractivity contribution in [2.75, 3.05) is 5.32 Å². The quantitative estimate of drug-likeness (QED) is 0.744. The van der Waals surface area contributed by atoms with Gasteiger partial charge in [0.15, 0.2) is 0 Å². The summed E-state index contributed by atoms with van der Waals surface area (Å²) < 4.78 is 4.06. The van der Waals surface area contributed by atoms with Crippen LogP contribution in [0.25, 0.3) is 0 Å². The molecule has 26 heavy (non-hydrogen) atoms. The molecule has 1 aliphatic rings. The van der Waals surface area contributed by atoms with Gasteiger partial charge in [-0.3, -0.25) is 9.36 Å². The number of nitrogens with zero attached hydrogens (tertiary/aromatic N) is 4. The van der Waals surface area contributed by atoms with Crippen molar-refractivity contribution >= 4 is 5.69 Å². The minimum atomic E-state index is 0.236. The van der Waals surface area contributed by atoms with Crippen LogP contribution in [-0.2, 0) is 7.05 Å². The molecular weight excluding hydrogens is 322 g/mol. The van der Waals surface area contributed by atoms with Crippen molar-refractivity contribution in [1.82, 2.24) is 19.6 Å². The van der Waals surface area contributed by atoms with Crippen LogP contribution < -0.4 is 5.32 Å². The summed E-state index contributed by atoms with van der Waals surface area (Å²) in [7, 11) is 2.04. The summed E-state index contributed by atoms with van der Waals surface area (Å²) in [6, 6.07) is 13.4. The van der Waals surface area contributed by atoms with E-state index in [9.17, 15) is 0 Å². The van der Waals surface area contributed by atoms with E-state index in [-0.39, 0.29) is 6.04 Å². The molecule has 5 nitrogen and oxygen atoms in total. The van der Waals surface area contributed by atoms with Crippen molar-refractivity contribution in [2.45, 2.75) is 50.6 Å². The van der Waals surface area contributed by atoms with Gasteiger partial charge in [-0.2, -0.15) is 10.2 Å². The van der Waals surface area contributed by atoms with Crippen molar-refractivity contribution in [3.05, 3.63) is 66.2 Å². The predicted molar refractivity (Wildman–Crippen MR) is 104 cm³/mol. The Morgan fingerprint density at radius 3 is 2.73 bits per heavy atom. The molecular formula is C21H27N5. The van der Waals surface area contributed by atoms with Crippen LogP contribution in [0.1, 0.15) is 55.8 Å². The van der Waals surface area contributed by atoms with Crippen LogP contribution in [0.15, 0.2) is 55.0 Å². The van der Waals surface area contributed by atoms with Crippen LogP contribution in [0.3, 0.4) is 0 Å². The number of nitrogens with one attached hydrogen (secondary N) is 1. The molecule has 1 saturated carbocycles. The SMILES string of the molecule is CC(c1ccccc1)n1cc(NC2CCCC(c3ccnn3C)C2)cn1. The van der Waals surface area contributed by atoms with Crippen molar-refractivity contribution < 1.29 is 0 Å². The number of rotatable bonds is 5. The summed E-state index contributed by atoms with van der Waals surface area (Å²) in [5, 5.41) is 12.6. The molecule has 3 unspecified atom stereocenters. The van der Waals surface area contributed by atoms with Gasteiger partial charge < -0.3 is 5.32 Å². The van der Waals surface area contributed by atoms with E-state index in [2.05, 4.69) is 59.0 Å². The second kappa shape index (κ2) is 7.36. The molecule has 0 spiro atoms. The second-order valence-corrected chi connectivity index (χ2v) is 7.38. The number of hydrogen-bond donors (Lipinski definition) is 1. The average molecular weight is 349 g/mol. The topological polar surface area (TPSA) is 47.7 Å². The normalized spacial score (nSPS) is 21.5. The van der Waals surface area contributed by atoms with E-state index in [1.54, 1.807) is 0 Å². The highest BCUT2D eigenvalue weighted by atomic mass is 15.3. The smallest absolute Gasteiger partial charge is 0.0741 e. The van der Waals surface area contributed by atoms with Crippen molar-refractivity contribution in [3.8, 4) is 0 Å². The zero-order valence-corrected chi connectivity index (χ0v) is 15.5. The Morgan fingerprint density at radius 1 is 1.12 bits per heavy atom. The Morgan fingerprint density at radius 2 is 1.96 bits per heavy atom. The van der Waals surface area contributed by atoms with E-state index in [0.717, 1.165) is 12.1 Å². The molecule has 2 aromatic heterocycles. The lowest BCUT2D eigenvalue weighted by molar-refractivity contribution is 0.395. The third-order valence-electron chi connectivity index (χ3n) is 5.60. The fourth-order valence-electron chi connectivity index (χ4n) is 4.12. The number of aryl methyl sites for hydroxylation is 1. The summed E-state index contributed by atoms with van der Waals surface area (Å²) in [4.78, 5) is 0. The van der Waals surface area contributed by atoms with Crippen LogP contribution in [-0.4, -0.2) is 25.6 Å². The summed E-state index contributed by atoms with van der Waals surface area (Å²) in [6.45, 7) is 2.19. The molecule has 0 radical (unpaired) electrons. The van der Waals surface area contributed by atoms with Gasteiger partial charge in [0.2, 0.25) is 0 Å². The monoisotopic (exact) mass is 349 g/mol. The van der Waals surface area contributed by atoms with Gasteiger partial charge in [0, 0.05) is 37.1 Å². The van der Waals surface area contributed by atoms with Gasteiger partial charge in [-0.25, -0.2) is 0 Å². The molecule has 136 valence electrons. The van der Waals surface area contributed by atoms with Gasteiger partial charge in [0.05, 0.1) is 17.9 Å². The first-order valence-corrected chi connectivity index (χ1v) is 9.54. The fourth-order valence-corrected chi connectivity index (χ4v) is 4.12. The molecule has 2 heterocycles. The van der Waals surface area contributed by atoms with Gasteiger partial charge in [-0.05, 0) is 37.8 Å². The molecule has 0 bridgehead atoms. The highest BCUT2D eigenvalue weighted by Gasteiger charge is 2.25. The molecule has 3 atom stereocenters. The van der Waals surface area contributed by atoms with E-state index >= 15 is 0 Å². The Hall–Kier alpha value is -2.56. The minimum Gasteiger partial charge on any atom is -0.380 e. The van der Waals surface area contributed by atoms with Crippen molar-refractivity contribution in [3.63, 3.8) is 0 Å². The van der Waals surface area contributed by atoms with E-state index in [1.165, 1.54) is 30.5 Å². The van der Waals surface area contributed by atoms with E-state index in [1.807, 2.05) is 34.9 Å². The van der Waals surface area contributed by atoms with Gasteiger partial charge in [0.25, 0.3) is 0 Å². The molecule has 0 saturated heterocycles. The largest absolute Gasteiger partial charge is 0.380 e. The standard InChI is InChI=1S/C21H27N5/c1-16(17-7-4-3-5-8-17)26-15-20(14-23-26)24-19-10-6-9-18(13-19)21-11-12-22-25(21)2/h3-5,7-8,11-12,14-16,18-19,24H,6,9-10,13H2,1-2H3. The molecule has 1 fully saturated rings. The molecule has 5 heteroatoms. The van der Waals surface area contributed by atoms with E-state index < -0.39 is 0 Å². The van der Waals surface area contributed by atoms with E-state index in [0.29, 0.717) is 12.0 Å². The van der Waals surface area contributed by atoms with Gasteiger partial charge >= 0.3 is 0 Å². The molecule has 0 aliphatic heterocycles. The molecule has 0 amide bonds. The van der Waals surface area contributed by atoms with Crippen LogP contribution in [0.2, 0.25) is 0 Å². The summed E-state index contributed by atoms with van der Waals surface area (Å²) >= 11 is 0. The lowest BCUT2D eigenvalue weighted by atomic mass is 9.83. The highest BCUT2D eigenvalue weighted by Crippen LogP contribution is 2.34. The first kappa shape index (κ1) is 16.9. The predicted octanol–water partition coefficient (Wildman–Crippen LogP) is 4.36. The molecule has 1 aliphatic carbocycles. The second-order valence-electron chi connectivity index (χ2n) is 7.38. The molecule has 3 aromatic rings. The minimum absolute atomic E-state index is 0.236. The van der Waals surface area contributed by atoms with Crippen LogP contribution in [0, 0.1) is 0 Å². The number of aromatic nitrogens is 4. The molecule has 1 aromatic carbocycles. The lowest BCUT2D eigenvalue weighted by Crippen LogP contribution is -2.27. The number of anilines is 1. The lowest BCUT2D eigenvalue weighted by Gasteiger charge is -2.30. The average Bonchev–Trinajstić information content (AvgIpc) is 3.31. The third kappa shape index (κ3) is 3.52. The van der Waals surface area contributed by atoms with Crippen molar-refractivity contribution in [1.29, 1.82) is 0 Å². The Kier molecular flexibility index (Phi) is 4.78. The summed E-state index contributed by atoms with van der Waals surface area (Å²) in [5.74, 6) is 0.590. The maximum Gasteiger partial charge on any atom is 0.0741 e. The van der Waals surface area contributed by atoms with Gasteiger partial charge in [0.1, 0.15) is 0 Å². The Balaban J connectivity index is 1.42. The first-order chi connectivity index (χ1) is 12.7. The van der Waals surface area contributed by atoms with Crippen molar-refractivity contribution in [2.24, 2.45) is 7.05 Å². The maximum atomic E-state index is 4.58. The van der Waals surface area contributed by atoms with Gasteiger partial charge in [-0.15, -0.1) is 0 Å². The van der Waals surface area contributed by atoms with E-state index in [4.69, 9.17) is 0 Å². The number of benzene rings is 1. The Labute approximate surface area is 155 Å². The third-order valence-corrected chi connectivity index (χ3v) is 5.60. The Bertz CT molecular complexity index is 835. The first-order valence-electron chi connectivity index (χ1n) is 9.54. The van der Waals surface area contributed by atoms with Crippen LogP contribution in [0.4, 0.5) is 5.69 Å². The summed E-state index contributed by atoms with van der Waals surface area (Å²) in [6.07, 6.45) is 10.9. The zero-order chi connectivity index (χ0) is 17.9. The number of hydrogen-bond acceptors (Lipinski definition) is 3. The van der Waals surface area contributed by atoms with Gasteiger partial charge in [-0.1, -0.05) is 36.8 Å². The summed E-state index contributed by atoms with van der Waals surface area (Å²) in [5.41, 5.74) is 3.74. The highest BCUT2D eigenvalue weighted by molar-refractivity contribution is 5.40. The zero-order valence-electron chi connectivity index (χ0n) is 15.5. The van der Waals surface area contributed by atoms with Crippen LogP contribution in [0.5, 0.6) is 0 Å². The maximum absolute atomic E-state index is 4.58. The molecule has 4 rings (SSSR count). The molecule has 1 N–H and O–H groups in total. The van der Waals surface area contributed by atoms with Crippen LogP contribution >= 0.6 is 0 Å². The fraction of sp³-hybridized carbons (Fsp3) is 0.429.